The first-order valence-electron chi connectivity index (χ1n) is 13.2. The van der Waals surface area contributed by atoms with E-state index in [1.54, 1.807) is 0 Å². The molecule has 5 rings (SSSR count). The third-order valence-electron chi connectivity index (χ3n) is 6.77. The normalized spacial score (nSPS) is 15.3. The molecular weight excluding hydrogens is 498 g/mol. The standard InChI is InChI=1S/C28H31N3O2.C2H2O4/c32-28-26-11-10-25(20-23(26)6-3-14-29-28)33-18-4-15-31-16-12-21(13-17-31)19-24-9-8-22-5-1-2-7-27(22)30-24;3-1(4)2(5)6/h1-2,5,7-11,19-20H,3-4,6,12-18H2,(H,29,32);(H,3,4)(H,5,6). The molecule has 2 aromatic carbocycles. The molecule has 1 aromatic heterocycles. The number of ether oxygens (including phenoxy) is 1. The Morgan fingerprint density at radius 3 is 2.54 bits per heavy atom. The van der Waals surface area contributed by atoms with Gasteiger partial charge in [0, 0.05) is 37.1 Å². The Morgan fingerprint density at radius 2 is 1.77 bits per heavy atom. The minimum Gasteiger partial charge on any atom is -0.494 e. The van der Waals surface area contributed by atoms with Crippen LogP contribution in [0.1, 0.15) is 47.3 Å². The predicted octanol–water partition coefficient (Wildman–Crippen LogP) is 4.01. The molecule has 2 aliphatic rings. The van der Waals surface area contributed by atoms with E-state index in [2.05, 4.69) is 46.6 Å². The number of amides is 1. The third-order valence-corrected chi connectivity index (χ3v) is 6.77. The zero-order valence-corrected chi connectivity index (χ0v) is 21.8. The second-order valence-electron chi connectivity index (χ2n) is 9.56. The van der Waals surface area contributed by atoms with Gasteiger partial charge < -0.3 is 25.2 Å². The second kappa shape index (κ2) is 13.5. The van der Waals surface area contributed by atoms with Crippen LogP contribution in [0.25, 0.3) is 17.0 Å². The third kappa shape index (κ3) is 8.12. The summed E-state index contributed by atoms with van der Waals surface area (Å²) in [5, 5.41) is 18.9. The van der Waals surface area contributed by atoms with Crippen molar-refractivity contribution in [2.24, 2.45) is 0 Å². The van der Waals surface area contributed by atoms with E-state index in [1.165, 1.54) is 11.0 Å². The molecule has 9 nitrogen and oxygen atoms in total. The summed E-state index contributed by atoms with van der Waals surface area (Å²) in [6.45, 7) is 4.68. The van der Waals surface area contributed by atoms with Crippen molar-refractivity contribution < 1.29 is 29.3 Å². The number of piperidine rings is 1. The fourth-order valence-corrected chi connectivity index (χ4v) is 4.72. The maximum absolute atomic E-state index is 12.1. The number of nitrogens with one attached hydrogen (secondary N) is 1. The molecule has 1 amide bonds. The molecule has 9 heteroatoms. The predicted molar refractivity (Wildman–Crippen MR) is 148 cm³/mol. The summed E-state index contributed by atoms with van der Waals surface area (Å²) in [4.78, 5) is 37.6. The monoisotopic (exact) mass is 531 g/mol. The summed E-state index contributed by atoms with van der Waals surface area (Å²) in [5.41, 5.74) is 5.49. The number of hydrogen-bond donors (Lipinski definition) is 3. The quantitative estimate of drug-likeness (QED) is 0.321. The van der Waals surface area contributed by atoms with Crippen LogP contribution < -0.4 is 10.1 Å². The summed E-state index contributed by atoms with van der Waals surface area (Å²) in [6, 6.07) is 18.4. The number of aryl methyl sites for hydroxylation is 1. The fraction of sp³-hybridized carbons (Fsp3) is 0.333. The van der Waals surface area contributed by atoms with E-state index in [0.29, 0.717) is 6.61 Å². The number of likely N-dealkylation sites (tertiary alicyclic amines) is 1. The molecule has 0 saturated carbocycles. The van der Waals surface area contributed by atoms with Gasteiger partial charge in [0.25, 0.3) is 5.91 Å². The summed E-state index contributed by atoms with van der Waals surface area (Å²) in [7, 11) is 0. The minimum absolute atomic E-state index is 0.0314. The first-order chi connectivity index (χ1) is 18.9. The highest BCUT2D eigenvalue weighted by atomic mass is 16.5. The van der Waals surface area contributed by atoms with Crippen molar-refractivity contribution in [3.63, 3.8) is 0 Å². The van der Waals surface area contributed by atoms with E-state index in [1.807, 2.05) is 24.3 Å². The van der Waals surface area contributed by atoms with Crippen molar-refractivity contribution in [3.8, 4) is 5.75 Å². The lowest BCUT2D eigenvalue weighted by Gasteiger charge is -2.28. The number of rotatable bonds is 6. The van der Waals surface area contributed by atoms with Crippen LogP contribution in [0.3, 0.4) is 0 Å². The Hall–Kier alpha value is -4.24. The van der Waals surface area contributed by atoms with Crippen molar-refractivity contribution >= 4 is 34.8 Å². The number of fused-ring (bicyclic) bond motifs is 2. The summed E-state index contributed by atoms with van der Waals surface area (Å²) < 4.78 is 6.00. The number of hydrogen-bond acceptors (Lipinski definition) is 6. The van der Waals surface area contributed by atoms with Crippen LogP contribution in [0, 0.1) is 0 Å². The molecule has 1 fully saturated rings. The number of aliphatic carboxylic acids is 2. The molecule has 0 unspecified atom stereocenters. The number of carbonyl (C=O) groups is 3. The second-order valence-corrected chi connectivity index (χ2v) is 9.56. The number of carboxylic acids is 2. The maximum Gasteiger partial charge on any atom is 0.414 e. The van der Waals surface area contributed by atoms with Gasteiger partial charge in [-0.2, -0.15) is 0 Å². The number of aromatic nitrogens is 1. The highest BCUT2D eigenvalue weighted by molar-refractivity contribution is 6.27. The SMILES string of the molecule is O=C(O)C(=O)O.O=C1NCCCc2cc(OCCCN3CCC(=Cc4ccc5ccccc5n4)CC3)ccc21. The lowest BCUT2D eigenvalue weighted by atomic mass is 10.0. The van der Waals surface area contributed by atoms with Crippen molar-refractivity contribution in [2.75, 3.05) is 32.8 Å². The molecule has 0 atom stereocenters. The van der Waals surface area contributed by atoms with Gasteiger partial charge in [-0.15, -0.1) is 0 Å². The zero-order chi connectivity index (χ0) is 27.6. The topological polar surface area (TPSA) is 129 Å². The number of carbonyl (C=O) groups excluding carboxylic acids is 1. The van der Waals surface area contributed by atoms with Gasteiger partial charge in [-0.1, -0.05) is 29.8 Å². The molecule has 3 aromatic rings. The average molecular weight is 532 g/mol. The molecular formula is C30H33N3O6. The molecule has 39 heavy (non-hydrogen) atoms. The zero-order valence-electron chi connectivity index (χ0n) is 21.8. The van der Waals surface area contributed by atoms with Crippen LogP contribution in [-0.2, 0) is 16.0 Å². The number of benzene rings is 2. The number of carboxylic acid groups (broad SMARTS) is 2. The van der Waals surface area contributed by atoms with E-state index in [9.17, 15) is 4.79 Å². The van der Waals surface area contributed by atoms with Gasteiger partial charge in [-0.25, -0.2) is 14.6 Å². The van der Waals surface area contributed by atoms with Crippen LogP contribution >= 0.6 is 0 Å². The molecule has 0 radical (unpaired) electrons. The number of pyridine rings is 1. The van der Waals surface area contributed by atoms with Gasteiger partial charge in [0.2, 0.25) is 0 Å². The van der Waals surface area contributed by atoms with Gasteiger partial charge in [0.15, 0.2) is 0 Å². The number of para-hydroxylation sites is 1. The molecule has 0 bridgehead atoms. The Kier molecular flexibility index (Phi) is 9.64. The molecule has 3 heterocycles. The van der Waals surface area contributed by atoms with Crippen molar-refractivity contribution in [2.45, 2.75) is 32.1 Å². The van der Waals surface area contributed by atoms with Gasteiger partial charge in [0.05, 0.1) is 17.8 Å². The van der Waals surface area contributed by atoms with Crippen LogP contribution in [0.4, 0.5) is 0 Å². The molecule has 0 spiro atoms. The smallest absolute Gasteiger partial charge is 0.414 e. The average Bonchev–Trinajstić information content (AvgIpc) is 3.13. The summed E-state index contributed by atoms with van der Waals surface area (Å²) in [6.07, 6.45) is 7.37. The van der Waals surface area contributed by atoms with E-state index in [-0.39, 0.29) is 5.91 Å². The van der Waals surface area contributed by atoms with Gasteiger partial charge in [0.1, 0.15) is 5.75 Å². The van der Waals surface area contributed by atoms with Gasteiger partial charge >= 0.3 is 11.9 Å². The van der Waals surface area contributed by atoms with Gasteiger partial charge in [-0.3, -0.25) is 4.79 Å². The van der Waals surface area contributed by atoms with E-state index >= 15 is 0 Å². The van der Waals surface area contributed by atoms with Crippen LogP contribution in [0.15, 0.2) is 60.2 Å². The lowest BCUT2D eigenvalue weighted by Crippen LogP contribution is -2.32. The van der Waals surface area contributed by atoms with Crippen molar-refractivity contribution in [3.05, 3.63) is 77.0 Å². The van der Waals surface area contributed by atoms with Crippen LogP contribution in [0.2, 0.25) is 0 Å². The molecule has 2 aliphatic heterocycles. The Morgan fingerprint density at radius 1 is 1.00 bits per heavy atom. The van der Waals surface area contributed by atoms with E-state index in [4.69, 9.17) is 29.5 Å². The Bertz CT molecular complexity index is 1350. The molecule has 204 valence electrons. The summed E-state index contributed by atoms with van der Waals surface area (Å²) in [5.74, 6) is -2.75. The maximum atomic E-state index is 12.1. The van der Waals surface area contributed by atoms with E-state index in [0.717, 1.165) is 86.4 Å². The van der Waals surface area contributed by atoms with Gasteiger partial charge in [-0.05, 0) is 74.1 Å². The highest BCUT2D eigenvalue weighted by Gasteiger charge is 2.16. The fourth-order valence-electron chi connectivity index (χ4n) is 4.72. The Labute approximate surface area is 227 Å². The van der Waals surface area contributed by atoms with Crippen molar-refractivity contribution in [1.82, 2.24) is 15.2 Å². The largest absolute Gasteiger partial charge is 0.494 e. The molecule has 0 aliphatic carbocycles. The van der Waals surface area contributed by atoms with E-state index < -0.39 is 11.9 Å². The molecule has 1 saturated heterocycles. The summed E-state index contributed by atoms with van der Waals surface area (Å²) >= 11 is 0. The lowest BCUT2D eigenvalue weighted by molar-refractivity contribution is -0.159. The number of nitrogens with zero attached hydrogens (tertiary/aromatic N) is 2. The van der Waals surface area contributed by atoms with Crippen LogP contribution in [-0.4, -0.2) is 70.7 Å². The van der Waals surface area contributed by atoms with Crippen molar-refractivity contribution in [1.29, 1.82) is 0 Å². The first kappa shape index (κ1) is 27.8. The molecule has 3 N–H and O–H groups in total. The Balaban J connectivity index is 0.000000531. The van der Waals surface area contributed by atoms with Crippen LogP contribution in [0.5, 0.6) is 5.75 Å². The first-order valence-corrected chi connectivity index (χ1v) is 13.2. The minimum atomic E-state index is -1.82. The highest BCUT2D eigenvalue weighted by Crippen LogP contribution is 2.23.